The normalized spacial score (nSPS) is 11.4. The van der Waals surface area contributed by atoms with Crippen LogP contribution in [0.1, 0.15) is 18.9 Å². The number of terminal acetylenes is 1. The van der Waals surface area contributed by atoms with Crippen LogP contribution in [0.2, 0.25) is 0 Å². The number of nitrogens with one attached hydrogen (secondary N) is 1. The highest BCUT2D eigenvalue weighted by atomic mass is 16.5. The molecule has 1 unspecified atom stereocenters. The maximum atomic E-state index is 11.3. The van der Waals surface area contributed by atoms with Crippen LogP contribution in [0, 0.1) is 12.3 Å². The number of nitrogens with two attached hydrogens (primary N) is 1. The van der Waals surface area contributed by atoms with E-state index in [9.17, 15) is 4.79 Å². The molecule has 0 bridgehead atoms. The van der Waals surface area contributed by atoms with E-state index in [2.05, 4.69) is 18.2 Å². The molecule has 0 fully saturated rings. The second kappa shape index (κ2) is 8.17. The van der Waals surface area contributed by atoms with Gasteiger partial charge in [-0.15, -0.1) is 6.42 Å². The van der Waals surface area contributed by atoms with Crippen LogP contribution in [0.3, 0.4) is 0 Å². The largest absolute Gasteiger partial charge is 0.484 e. The lowest BCUT2D eigenvalue weighted by Crippen LogP contribution is -2.29. The van der Waals surface area contributed by atoms with E-state index in [1.54, 1.807) is 0 Å². The molecule has 4 heteroatoms. The average molecular weight is 260 g/mol. The van der Waals surface area contributed by atoms with Crippen LogP contribution in [0.5, 0.6) is 5.75 Å². The Morgan fingerprint density at radius 1 is 1.47 bits per heavy atom. The fraction of sp³-hybridized carbons (Fsp3) is 0.400. The average Bonchev–Trinajstić information content (AvgIpc) is 2.44. The minimum Gasteiger partial charge on any atom is -0.484 e. The van der Waals surface area contributed by atoms with Crippen molar-refractivity contribution in [2.45, 2.75) is 25.8 Å². The van der Waals surface area contributed by atoms with Crippen molar-refractivity contribution in [3.8, 4) is 18.1 Å². The van der Waals surface area contributed by atoms with Gasteiger partial charge in [0, 0.05) is 6.04 Å². The maximum Gasteiger partial charge on any atom is 0.258 e. The Morgan fingerprint density at radius 2 is 2.16 bits per heavy atom. The number of hydrogen-bond donors (Lipinski definition) is 2. The van der Waals surface area contributed by atoms with Crippen LogP contribution in [-0.4, -0.2) is 25.1 Å². The SMILES string of the molecule is C#CCNC(=O)COc1ccc(CC(N)CC)cc1. The van der Waals surface area contributed by atoms with E-state index in [0.29, 0.717) is 5.75 Å². The van der Waals surface area contributed by atoms with Crippen LogP contribution >= 0.6 is 0 Å². The van der Waals surface area contributed by atoms with Crippen LogP contribution in [0.25, 0.3) is 0 Å². The first kappa shape index (κ1) is 15.1. The van der Waals surface area contributed by atoms with Gasteiger partial charge in [-0.1, -0.05) is 25.0 Å². The van der Waals surface area contributed by atoms with E-state index in [1.165, 1.54) is 5.56 Å². The number of hydrogen-bond acceptors (Lipinski definition) is 3. The zero-order chi connectivity index (χ0) is 14.1. The molecule has 1 aromatic carbocycles. The monoisotopic (exact) mass is 260 g/mol. The van der Waals surface area contributed by atoms with Crippen molar-refractivity contribution in [3.05, 3.63) is 29.8 Å². The summed E-state index contributed by atoms with van der Waals surface area (Å²) in [6, 6.07) is 7.79. The number of carbonyl (C=O) groups is 1. The van der Waals surface area contributed by atoms with Gasteiger partial charge >= 0.3 is 0 Å². The van der Waals surface area contributed by atoms with Crippen LogP contribution < -0.4 is 15.8 Å². The zero-order valence-corrected chi connectivity index (χ0v) is 11.2. The molecule has 0 aliphatic carbocycles. The van der Waals surface area contributed by atoms with Gasteiger partial charge in [0.15, 0.2) is 6.61 Å². The first-order chi connectivity index (χ1) is 9.15. The Balaban J connectivity index is 2.40. The van der Waals surface area contributed by atoms with E-state index >= 15 is 0 Å². The van der Waals surface area contributed by atoms with Crippen molar-refractivity contribution in [1.82, 2.24) is 5.32 Å². The Labute approximate surface area is 114 Å². The summed E-state index contributed by atoms with van der Waals surface area (Å²) in [5.41, 5.74) is 7.05. The van der Waals surface area contributed by atoms with Gasteiger partial charge in [0.05, 0.1) is 6.54 Å². The fourth-order valence-corrected chi connectivity index (χ4v) is 1.52. The lowest BCUT2D eigenvalue weighted by molar-refractivity contribution is -0.122. The van der Waals surface area contributed by atoms with E-state index in [-0.39, 0.29) is 25.1 Å². The summed E-state index contributed by atoms with van der Waals surface area (Å²) in [5.74, 6) is 2.76. The van der Waals surface area contributed by atoms with Gasteiger partial charge in [-0.2, -0.15) is 0 Å². The minimum atomic E-state index is -0.227. The first-order valence-corrected chi connectivity index (χ1v) is 6.33. The standard InChI is InChI=1S/C15H20N2O2/c1-3-9-17-15(18)11-19-14-7-5-12(6-8-14)10-13(16)4-2/h1,5-8,13H,4,9-11,16H2,2H3,(H,17,18). The lowest BCUT2D eigenvalue weighted by Gasteiger charge is -2.10. The molecule has 0 saturated heterocycles. The van der Waals surface area contributed by atoms with E-state index in [0.717, 1.165) is 12.8 Å². The summed E-state index contributed by atoms with van der Waals surface area (Å²) in [7, 11) is 0. The molecule has 0 saturated carbocycles. The van der Waals surface area contributed by atoms with Crippen molar-refractivity contribution in [2.75, 3.05) is 13.2 Å². The zero-order valence-electron chi connectivity index (χ0n) is 11.2. The molecule has 0 heterocycles. The smallest absolute Gasteiger partial charge is 0.258 e. The third-order valence-corrected chi connectivity index (χ3v) is 2.70. The van der Waals surface area contributed by atoms with Gasteiger partial charge < -0.3 is 15.8 Å². The third kappa shape index (κ3) is 5.94. The number of amides is 1. The van der Waals surface area contributed by atoms with Gasteiger partial charge in [0.25, 0.3) is 5.91 Å². The molecule has 4 nitrogen and oxygen atoms in total. The number of benzene rings is 1. The van der Waals surface area contributed by atoms with E-state index in [1.807, 2.05) is 24.3 Å². The molecule has 1 rings (SSSR count). The molecule has 0 aliphatic rings. The molecule has 1 atom stereocenters. The lowest BCUT2D eigenvalue weighted by atomic mass is 10.0. The molecule has 0 spiro atoms. The summed E-state index contributed by atoms with van der Waals surface area (Å²) in [6.07, 6.45) is 6.83. The fourth-order valence-electron chi connectivity index (χ4n) is 1.52. The van der Waals surface area contributed by atoms with Gasteiger partial charge in [0.1, 0.15) is 5.75 Å². The Hall–Kier alpha value is -1.99. The third-order valence-electron chi connectivity index (χ3n) is 2.70. The van der Waals surface area contributed by atoms with Gasteiger partial charge in [-0.25, -0.2) is 0 Å². The van der Waals surface area contributed by atoms with E-state index < -0.39 is 0 Å². The molecule has 0 aromatic heterocycles. The summed E-state index contributed by atoms with van der Waals surface area (Å²) in [5, 5.41) is 2.53. The molecule has 1 amide bonds. The summed E-state index contributed by atoms with van der Waals surface area (Å²) in [4.78, 5) is 11.3. The Kier molecular flexibility index (Phi) is 6.48. The Bertz CT molecular complexity index is 434. The van der Waals surface area contributed by atoms with E-state index in [4.69, 9.17) is 16.9 Å². The predicted octanol–water partition coefficient (Wildman–Crippen LogP) is 1.09. The number of carbonyl (C=O) groups excluding carboxylic acids is 1. The number of rotatable bonds is 7. The Morgan fingerprint density at radius 3 is 2.74 bits per heavy atom. The second-order valence-electron chi connectivity index (χ2n) is 4.29. The molecular weight excluding hydrogens is 240 g/mol. The van der Waals surface area contributed by atoms with Gasteiger partial charge in [-0.05, 0) is 30.5 Å². The molecule has 1 aromatic rings. The van der Waals surface area contributed by atoms with Crippen LogP contribution in [-0.2, 0) is 11.2 Å². The molecule has 0 aliphatic heterocycles. The van der Waals surface area contributed by atoms with Crippen molar-refractivity contribution in [3.63, 3.8) is 0 Å². The first-order valence-electron chi connectivity index (χ1n) is 6.33. The van der Waals surface area contributed by atoms with Crippen molar-refractivity contribution >= 4 is 5.91 Å². The predicted molar refractivity (Wildman–Crippen MR) is 75.8 cm³/mol. The molecular formula is C15H20N2O2. The van der Waals surface area contributed by atoms with Crippen molar-refractivity contribution in [2.24, 2.45) is 5.73 Å². The number of ether oxygens (including phenoxy) is 1. The summed E-state index contributed by atoms with van der Waals surface area (Å²) >= 11 is 0. The molecule has 19 heavy (non-hydrogen) atoms. The summed E-state index contributed by atoms with van der Waals surface area (Å²) in [6.45, 7) is 2.25. The maximum absolute atomic E-state index is 11.3. The van der Waals surface area contributed by atoms with Gasteiger partial charge in [0.2, 0.25) is 0 Å². The highest BCUT2D eigenvalue weighted by Crippen LogP contribution is 2.13. The molecule has 3 N–H and O–H groups in total. The quantitative estimate of drug-likeness (QED) is 0.721. The van der Waals surface area contributed by atoms with Crippen molar-refractivity contribution < 1.29 is 9.53 Å². The van der Waals surface area contributed by atoms with Crippen LogP contribution in [0.4, 0.5) is 0 Å². The summed E-state index contributed by atoms with van der Waals surface area (Å²) < 4.78 is 5.34. The minimum absolute atomic E-state index is 0.0322. The molecule has 102 valence electrons. The topological polar surface area (TPSA) is 64.3 Å². The highest BCUT2D eigenvalue weighted by molar-refractivity contribution is 5.77. The van der Waals surface area contributed by atoms with Crippen LogP contribution in [0.15, 0.2) is 24.3 Å². The highest BCUT2D eigenvalue weighted by Gasteiger charge is 2.03. The second-order valence-corrected chi connectivity index (χ2v) is 4.29. The van der Waals surface area contributed by atoms with Gasteiger partial charge in [-0.3, -0.25) is 4.79 Å². The molecule has 0 radical (unpaired) electrons. The van der Waals surface area contributed by atoms with Crippen molar-refractivity contribution in [1.29, 1.82) is 0 Å².